The van der Waals surface area contributed by atoms with Crippen LogP contribution >= 0.6 is 11.3 Å². The summed E-state index contributed by atoms with van der Waals surface area (Å²) >= 11 is 0.874. The Morgan fingerprint density at radius 2 is 2.11 bits per heavy atom. The van der Waals surface area contributed by atoms with Crippen LogP contribution in [0.1, 0.15) is 19.8 Å². The second-order valence-corrected chi connectivity index (χ2v) is 7.82. The highest BCUT2D eigenvalue weighted by molar-refractivity contribution is 7.91. The number of hydrogen-bond donors (Lipinski definition) is 2. The van der Waals surface area contributed by atoms with Gasteiger partial charge in [-0.2, -0.15) is 0 Å². The largest absolute Gasteiger partial charge is 0.374 e. The van der Waals surface area contributed by atoms with Crippen molar-refractivity contribution in [1.82, 2.24) is 19.8 Å². The molecule has 0 aliphatic carbocycles. The zero-order valence-corrected chi connectivity index (χ0v) is 12.5. The number of rotatable bonds is 6. The normalized spacial score (nSPS) is 18.8. The van der Waals surface area contributed by atoms with Crippen LogP contribution in [0.25, 0.3) is 0 Å². The molecule has 1 unspecified atom stereocenters. The molecule has 0 saturated carbocycles. The number of aromatic nitrogens is 2. The summed E-state index contributed by atoms with van der Waals surface area (Å²) in [7, 11) is -3.57. The summed E-state index contributed by atoms with van der Waals surface area (Å²) in [5, 5.41) is 7.22. The molecule has 1 aromatic heterocycles. The number of hydrogen-bond acceptors (Lipinski definition) is 7. The molecule has 7 nitrogen and oxygen atoms in total. The third-order valence-corrected chi connectivity index (χ3v) is 5.59. The summed E-state index contributed by atoms with van der Waals surface area (Å²) in [6.45, 7) is 5.59. The minimum Gasteiger partial charge on any atom is -0.374 e. The van der Waals surface area contributed by atoms with Crippen LogP contribution in [0, 0.1) is 5.92 Å². The second-order valence-electron chi connectivity index (χ2n) is 4.87. The lowest BCUT2D eigenvalue weighted by Gasteiger charge is -2.20. The van der Waals surface area contributed by atoms with Crippen molar-refractivity contribution >= 4 is 26.5 Å². The molecule has 2 heterocycles. The van der Waals surface area contributed by atoms with E-state index >= 15 is 0 Å². The summed E-state index contributed by atoms with van der Waals surface area (Å²) in [5.41, 5.74) is 5.39. The van der Waals surface area contributed by atoms with Crippen LogP contribution in [0.2, 0.25) is 0 Å². The lowest BCUT2D eigenvalue weighted by atomic mass is 10.2. The first-order chi connectivity index (χ1) is 8.97. The number of nitrogens with zero attached hydrogens (tertiary/aromatic N) is 3. The predicted octanol–water partition coefficient (Wildman–Crippen LogP) is 0.131. The molecule has 108 valence electrons. The minimum absolute atomic E-state index is 0.0710. The first-order valence-corrected chi connectivity index (χ1v) is 8.58. The Labute approximate surface area is 117 Å². The van der Waals surface area contributed by atoms with Gasteiger partial charge in [0.15, 0.2) is 0 Å². The molecule has 19 heavy (non-hydrogen) atoms. The van der Waals surface area contributed by atoms with E-state index in [2.05, 4.69) is 19.8 Å². The fourth-order valence-electron chi connectivity index (χ4n) is 2.11. The van der Waals surface area contributed by atoms with Crippen molar-refractivity contribution in [3.05, 3.63) is 0 Å². The van der Waals surface area contributed by atoms with Gasteiger partial charge in [0.1, 0.15) is 0 Å². The van der Waals surface area contributed by atoms with Crippen molar-refractivity contribution in [2.24, 2.45) is 5.92 Å². The van der Waals surface area contributed by atoms with Crippen molar-refractivity contribution in [1.29, 1.82) is 0 Å². The van der Waals surface area contributed by atoms with Crippen LogP contribution in [-0.2, 0) is 10.0 Å². The van der Waals surface area contributed by atoms with Gasteiger partial charge in [0.05, 0.1) is 0 Å². The van der Waals surface area contributed by atoms with Crippen molar-refractivity contribution in [2.45, 2.75) is 24.1 Å². The molecule has 1 aliphatic heterocycles. The average molecular weight is 305 g/mol. The van der Waals surface area contributed by atoms with E-state index in [4.69, 9.17) is 5.73 Å². The van der Waals surface area contributed by atoms with E-state index in [9.17, 15) is 8.42 Å². The van der Waals surface area contributed by atoms with E-state index in [1.54, 1.807) is 0 Å². The Bertz CT molecular complexity index is 510. The van der Waals surface area contributed by atoms with E-state index in [1.165, 1.54) is 12.8 Å². The maximum Gasteiger partial charge on any atom is 0.269 e. The second kappa shape index (κ2) is 6.12. The Balaban J connectivity index is 1.83. The summed E-state index contributed by atoms with van der Waals surface area (Å²) in [6, 6.07) is 0. The van der Waals surface area contributed by atoms with Crippen LogP contribution in [-0.4, -0.2) is 49.7 Å². The summed E-state index contributed by atoms with van der Waals surface area (Å²) < 4.78 is 26.3. The fraction of sp³-hybridized carbons (Fsp3) is 0.800. The molecule has 9 heteroatoms. The van der Waals surface area contributed by atoms with Crippen molar-refractivity contribution in [2.75, 3.05) is 31.9 Å². The summed E-state index contributed by atoms with van der Waals surface area (Å²) in [4.78, 5) is 2.36. The average Bonchev–Trinajstić information content (AvgIpc) is 2.98. The van der Waals surface area contributed by atoms with Gasteiger partial charge in [0, 0.05) is 13.1 Å². The Kier molecular flexibility index (Phi) is 4.71. The molecule has 0 aromatic carbocycles. The monoisotopic (exact) mass is 305 g/mol. The van der Waals surface area contributed by atoms with E-state index in [-0.39, 0.29) is 15.4 Å². The molecule has 3 N–H and O–H groups in total. The van der Waals surface area contributed by atoms with Crippen LogP contribution in [0.4, 0.5) is 5.13 Å². The van der Waals surface area contributed by atoms with Gasteiger partial charge in [-0.25, -0.2) is 13.1 Å². The number of anilines is 1. The molecule has 0 radical (unpaired) electrons. The quantitative estimate of drug-likeness (QED) is 0.775. The molecule has 2 rings (SSSR count). The highest BCUT2D eigenvalue weighted by Gasteiger charge is 2.21. The van der Waals surface area contributed by atoms with Gasteiger partial charge in [0.25, 0.3) is 10.0 Å². The smallest absolute Gasteiger partial charge is 0.269 e. The molecule has 0 spiro atoms. The number of nitrogens with one attached hydrogen (secondary N) is 1. The third-order valence-electron chi connectivity index (χ3n) is 3.04. The summed E-state index contributed by atoms with van der Waals surface area (Å²) in [5.74, 6) is 0.262. The van der Waals surface area contributed by atoms with Crippen LogP contribution in [0.3, 0.4) is 0 Å². The van der Waals surface area contributed by atoms with Gasteiger partial charge in [-0.1, -0.05) is 18.3 Å². The Morgan fingerprint density at radius 3 is 2.68 bits per heavy atom. The molecule has 1 fully saturated rings. The third kappa shape index (κ3) is 4.10. The molecule has 0 bridgehead atoms. The zero-order valence-electron chi connectivity index (χ0n) is 10.9. The number of likely N-dealkylation sites (tertiary alicyclic amines) is 1. The van der Waals surface area contributed by atoms with E-state index in [0.29, 0.717) is 6.54 Å². The van der Waals surface area contributed by atoms with Crippen molar-refractivity contribution in [3.63, 3.8) is 0 Å². The van der Waals surface area contributed by atoms with Crippen LogP contribution in [0.5, 0.6) is 0 Å². The number of sulfonamides is 1. The number of nitrogen functional groups attached to an aromatic ring is 1. The number of nitrogens with two attached hydrogens (primary N) is 1. The maximum atomic E-state index is 11.9. The topological polar surface area (TPSA) is 101 Å². The fourth-order valence-corrected chi connectivity index (χ4v) is 4.10. The lowest BCUT2D eigenvalue weighted by Crippen LogP contribution is -2.34. The molecule has 0 amide bonds. The van der Waals surface area contributed by atoms with Gasteiger partial charge in [-0.3, -0.25) is 0 Å². The first kappa shape index (κ1) is 14.6. The van der Waals surface area contributed by atoms with Gasteiger partial charge in [0.2, 0.25) is 9.47 Å². The lowest BCUT2D eigenvalue weighted by molar-refractivity contribution is 0.288. The predicted molar refractivity (Wildman–Crippen MR) is 74.3 cm³/mol. The van der Waals surface area contributed by atoms with E-state index < -0.39 is 10.0 Å². The summed E-state index contributed by atoms with van der Waals surface area (Å²) in [6.07, 6.45) is 2.48. The molecule has 1 saturated heterocycles. The first-order valence-electron chi connectivity index (χ1n) is 6.28. The van der Waals surface area contributed by atoms with Crippen LogP contribution < -0.4 is 10.5 Å². The van der Waals surface area contributed by atoms with E-state index in [0.717, 1.165) is 31.0 Å². The van der Waals surface area contributed by atoms with E-state index in [1.807, 2.05) is 6.92 Å². The SMILES string of the molecule is CC(CNS(=O)(=O)c1nnc(N)s1)CN1CCCC1. The zero-order chi connectivity index (χ0) is 13.9. The highest BCUT2D eigenvalue weighted by Crippen LogP contribution is 2.17. The molecule has 1 atom stereocenters. The molecule has 1 aliphatic rings. The van der Waals surface area contributed by atoms with Gasteiger partial charge in [-0.15, -0.1) is 10.2 Å². The van der Waals surface area contributed by atoms with Crippen molar-refractivity contribution < 1.29 is 8.42 Å². The minimum atomic E-state index is -3.57. The van der Waals surface area contributed by atoms with Crippen LogP contribution in [0.15, 0.2) is 4.34 Å². The standard InChI is InChI=1S/C10H19N5O2S2/c1-8(7-15-4-2-3-5-15)6-12-19(16,17)10-14-13-9(11)18-10/h8,12H,2-7H2,1H3,(H2,11,13). The molecular formula is C10H19N5O2S2. The van der Waals surface area contributed by atoms with Crippen molar-refractivity contribution in [3.8, 4) is 0 Å². The highest BCUT2D eigenvalue weighted by atomic mass is 32.2. The van der Waals surface area contributed by atoms with Gasteiger partial charge in [-0.05, 0) is 31.8 Å². The molecule has 1 aromatic rings. The Hall–Kier alpha value is -0.770. The van der Waals surface area contributed by atoms with Gasteiger partial charge < -0.3 is 10.6 Å². The van der Waals surface area contributed by atoms with Gasteiger partial charge >= 0.3 is 0 Å². The Morgan fingerprint density at radius 1 is 1.42 bits per heavy atom. The molecular weight excluding hydrogens is 286 g/mol. The maximum absolute atomic E-state index is 11.9.